The molecule has 0 radical (unpaired) electrons. The van der Waals surface area contributed by atoms with Crippen LogP contribution in [0, 0.1) is 19.7 Å². The largest absolute Gasteiger partial charge is 0.318 e. The van der Waals surface area contributed by atoms with Crippen molar-refractivity contribution in [3.05, 3.63) is 52.1 Å². The highest BCUT2D eigenvalue weighted by Crippen LogP contribution is 2.26. The molecule has 0 aliphatic heterocycles. The minimum Gasteiger partial charge on any atom is -0.318 e. The van der Waals surface area contributed by atoms with Crippen molar-refractivity contribution >= 4 is 29.1 Å². The summed E-state index contributed by atoms with van der Waals surface area (Å²) in [5.74, 6) is -0.277. The van der Waals surface area contributed by atoms with Gasteiger partial charge in [0.05, 0.1) is 10.8 Å². The van der Waals surface area contributed by atoms with Gasteiger partial charge < -0.3 is 4.57 Å². The summed E-state index contributed by atoms with van der Waals surface area (Å²) in [6.45, 7) is 3.74. The first-order chi connectivity index (χ1) is 11.9. The number of carbonyl (C=O) groups is 1. The molecule has 0 aliphatic rings. The lowest BCUT2D eigenvalue weighted by molar-refractivity contribution is 0.102. The lowest BCUT2D eigenvalue weighted by atomic mass is 10.2. The Labute approximate surface area is 153 Å². The van der Waals surface area contributed by atoms with Crippen molar-refractivity contribution < 1.29 is 9.18 Å². The molecule has 0 atom stereocenters. The van der Waals surface area contributed by atoms with Crippen molar-refractivity contribution in [1.82, 2.24) is 24.8 Å². The Morgan fingerprint density at radius 2 is 2.08 bits per heavy atom. The van der Waals surface area contributed by atoms with Crippen LogP contribution in [-0.4, -0.2) is 36.3 Å². The Morgan fingerprint density at radius 1 is 1.32 bits per heavy atom. The first-order valence-corrected chi connectivity index (χ1v) is 8.77. The maximum Gasteiger partial charge on any atom is 0.209 e. The number of aryl methyl sites for hydroxylation is 2. The Bertz CT molecular complexity index is 952. The van der Waals surface area contributed by atoms with Gasteiger partial charge >= 0.3 is 0 Å². The second kappa shape index (κ2) is 6.97. The summed E-state index contributed by atoms with van der Waals surface area (Å²) in [6.07, 6.45) is 0. The van der Waals surface area contributed by atoms with Gasteiger partial charge in [0.15, 0.2) is 5.78 Å². The van der Waals surface area contributed by atoms with Crippen molar-refractivity contribution in [2.24, 2.45) is 7.05 Å². The third-order valence-electron chi connectivity index (χ3n) is 3.81. The minimum atomic E-state index is -0.474. The first kappa shape index (κ1) is 17.6. The molecule has 0 bridgehead atoms. The van der Waals surface area contributed by atoms with Crippen molar-refractivity contribution in [2.45, 2.75) is 19.0 Å². The predicted octanol–water partition coefficient (Wildman–Crippen LogP) is 3.39. The van der Waals surface area contributed by atoms with Crippen molar-refractivity contribution in [1.29, 1.82) is 0 Å². The molecule has 1 aromatic carbocycles. The topological polar surface area (TPSA) is 65.6 Å². The smallest absolute Gasteiger partial charge is 0.209 e. The first-order valence-electron chi connectivity index (χ1n) is 7.41. The Morgan fingerprint density at radius 3 is 2.72 bits per heavy atom. The standard InChI is InChI=1S/C16H15ClFN5OS/c1-9-6-12(15(24)8-25-16-19-20-21-22(16)3)10(2)23(9)11-4-5-14(18)13(17)7-11/h4-7H,8H2,1-3H3. The van der Waals surface area contributed by atoms with E-state index in [9.17, 15) is 9.18 Å². The van der Waals surface area contributed by atoms with E-state index in [1.165, 1.54) is 22.5 Å². The fourth-order valence-corrected chi connectivity index (χ4v) is 3.53. The van der Waals surface area contributed by atoms with E-state index in [2.05, 4.69) is 15.5 Å². The van der Waals surface area contributed by atoms with E-state index < -0.39 is 5.82 Å². The molecule has 0 aliphatic carbocycles. The molecular formula is C16H15ClFN5OS. The van der Waals surface area contributed by atoms with Crippen molar-refractivity contribution in [3.63, 3.8) is 0 Å². The summed E-state index contributed by atoms with van der Waals surface area (Å²) < 4.78 is 16.8. The van der Waals surface area contributed by atoms with Crippen LogP contribution in [0.5, 0.6) is 0 Å². The van der Waals surface area contributed by atoms with Gasteiger partial charge in [-0.1, -0.05) is 23.4 Å². The number of hydrogen-bond donors (Lipinski definition) is 0. The number of nitrogens with zero attached hydrogens (tertiary/aromatic N) is 5. The number of Topliss-reactive ketones (excluding diaryl/α,β-unsaturated/α-hetero) is 1. The Kier molecular flexibility index (Phi) is 4.91. The summed E-state index contributed by atoms with van der Waals surface area (Å²) in [7, 11) is 1.72. The minimum absolute atomic E-state index is 0.0273. The fourth-order valence-electron chi connectivity index (χ4n) is 2.62. The maximum absolute atomic E-state index is 13.4. The summed E-state index contributed by atoms with van der Waals surface area (Å²) in [4.78, 5) is 12.6. The van der Waals surface area contributed by atoms with Crippen molar-refractivity contribution in [2.75, 3.05) is 5.75 Å². The average molecular weight is 380 g/mol. The van der Waals surface area contributed by atoms with Gasteiger partial charge in [0.2, 0.25) is 5.16 Å². The number of thioether (sulfide) groups is 1. The van der Waals surface area contributed by atoms with Gasteiger partial charge in [-0.15, -0.1) is 5.10 Å². The quantitative estimate of drug-likeness (QED) is 0.502. The van der Waals surface area contributed by atoms with Crippen LogP contribution < -0.4 is 0 Å². The predicted molar refractivity (Wildman–Crippen MR) is 94.1 cm³/mol. The van der Waals surface area contributed by atoms with E-state index in [0.717, 1.165) is 11.4 Å². The highest BCUT2D eigenvalue weighted by atomic mass is 35.5. The monoisotopic (exact) mass is 379 g/mol. The zero-order valence-electron chi connectivity index (χ0n) is 13.8. The molecule has 0 fully saturated rings. The number of benzene rings is 1. The molecule has 3 rings (SSSR count). The van der Waals surface area contributed by atoms with E-state index in [1.807, 2.05) is 24.5 Å². The molecule has 3 aromatic rings. The van der Waals surface area contributed by atoms with Gasteiger partial charge in [-0.3, -0.25) is 4.79 Å². The zero-order valence-corrected chi connectivity index (χ0v) is 15.4. The summed E-state index contributed by atoms with van der Waals surface area (Å²) in [5.41, 5.74) is 2.97. The van der Waals surface area contributed by atoms with Gasteiger partial charge in [0.25, 0.3) is 0 Å². The van der Waals surface area contributed by atoms with E-state index in [0.29, 0.717) is 16.4 Å². The van der Waals surface area contributed by atoms with E-state index in [-0.39, 0.29) is 16.6 Å². The average Bonchev–Trinajstić information content (AvgIpc) is 3.11. The second-order valence-corrected chi connectivity index (χ2v) is 6.87. The molecule has 6 nitrogen and oxygen atoms in total. The number of ketones is 1. The van der Waals surface area contributed by atoms with E-state index in [4.69, 9.17) is 11.6 Å². The number of rotatable bonds is 5. The van der Waals surface area contributed by atoms with Gasteiger partial charge in [-0.05, 0) is 48.5 Å². The van der Waals surface area contributed by atoms with Crippen LogP contribution in [0.4, 0.5) is 4.39 Å². The Balaban J connectivity index is 1.87. The molecule has 130 valence electrons. The van der Waals surface area contributed by atoms with Crippen LogP contribution in [0.25, 0.3) is 5.69 Å². The molecular weight excluding hydrogens is 365 g/mol. The SMILES string of the molecule is Cc1cc(C(=O)CSc2nnnn2C)c(C)n1-c1ccc(F)c(Cl)c1. The number of carbonyl (C=O) groups excluding carboxylic acids is 1. The van der Waals surface area contributed by atoms with Crippen molar-refractivity contribution in [3.8, 4) is 5.69 Å². The van der Waals surface area contributed by atoms with Crippen LogP contribution in [0.1, 0.15) is 21.7 Å². The lowest BCUT2D eigenvalue weighted by Gasteiger charge is -2.10. The maximum atomic E-state index is 13.4. The molecule has 25 heavy (non-hydrogen) atoms. The fraction of sp³-hybridized carbons (Fsp3) is 0.250. The highest BCUT2D eigenvalue weighted by Gasteiger charge is 2.18. The van der Waals surface area contributed by atoms with Gasteiger partial charge in [-0.25, -0.2) is 9.07 Å². The number of tetrazole rings is 1. The van der Waals surface area contributed by atoms with Gasteiger partial charge in [0.1, 0.15) is 5.82 Å². The van der Waals surface area contributed by atoms with Gasteiger partial charge in [-0.2, -0.15) is 0 Å². The molecule has 0 saturated carbocycles. The molecule has 0 amide bonds. The molecule has 0 saturated heterocycles. The zero-order chi connectivity index (χ0) is 18.1. The van der Waals surface area contributed by atoms with Crippen LogP contribution in [-0.2, 0) is 7.05 Å². The molecule has 9 heteroatoms. The summed E-state index contributed by atoms with van der Waals surface area (Å²) in [5, 5.41) is 11.8. The number of aromatic nitrogens is 5. The molecule has 0 unspecified atom stereocenters. The van der Waals surface area contributed by atoms with E-state index in [1.54, 1.807) is 19.2 Å². The molecule has 2 heterocycles. The number of halogens is 2. The van der Waals surface area contributed by atoms with Crippen LogP contribution in [0.15, 0.2) is 29.4 Å². The summed E-state index contributed by atoms with van der Waals surface area (Å²) >= 11 is 7.16. The highest BCUT2D eigenvalue weighted by molar-refractivity contribution is 7.99. The Hall–Kier alpha value is -2.19. The number of hydrogen-bond acceptors (Lipinski definition) is 5. The van der Waals surface area contributed by atoms with Gasteiger partial charge in [0, 0.05) is 29.7 Å². The molecule has 0 spiro atoms. The lowest BCUT2D eigenvalue weighted by Crippen LogP contribution is -2.06. The van der Waals surface area contributed by atoms with Crippen LogP contribution in [0.2, 0.25) is 5.02 Å². The third-order valence-corrected chi connectivity index (χ3v) is 5.11. The normalized spacial score (nSPS) is 11.1. The summed E-state index contributed by atoms with van der Waals surface area (Å²) in [6, 6.07) is 6.32. The second-order valence-electron chi connectivity index (χ2n) is 5.52. The molecule has 2 aromatic heterocycles. The third kappa shape index (κ3) is 3.45. The van der Waals surface area contributed by atoms with Crippen LogP contribution in [0.3, 0.4) is 0 Å². The molecule has 0 N–H and O–H groups in total. The van der Waals surface area contributed by atoms with E-state index >= 15 is 0 Å². The van der Waals surface area contributed by atoms with Crippen LogP contribution >= 0.6 is 23.4 Å².